The molecule has 2 N–H and O–H groups in total. The van der Waals surface area contributed by atoms with Crippen LogP contribution < -0.4 is 10.6 Å². The first-order chi connectivity index (χ1) is 18.6. The van der Waals surface area contributed by atoms with Crippen molar-refractivity contribution in [1.29, 1.82) is 0 Å². The number of esters is 1. The van der Waals surface area contributed by atoms with Crippen molar-refractivity contribution in [3.63, 3.8) is 0 Å². The summed E-state index contributed by atoms with van der Waals surface area (Å²) in [6.45, 7) is 7.80. The van der Waals surface area contributed by atoms with Gasteiger partial charge in [-0.05, 0) is 49.0 Å². The summed E-state index contributed by atoms with van der Waals surface area (Å²) in [6.07, 6.45) is 3.14. The fourth-order valence-corrected chi connectivity index (χ4v) is 6.18. The number of benzene rings is 1. The smallest absolute Gasteiger partial charge is 0.310 e. The Labute approximate surface area is 227 Å². The zero-order chi connectivity index (χ0) is 27.9. The number of hydrogen-bond acceptors (Lipinski definition) is 7. The van der Waals surface area contributed by atoms with E-state index in [0.29, 0.717) is 12.0 Å². The molecule has 3 amide bonds. The van der Waals surface area contributed by atoms with E-state index in [9.17, 15) is 19.2 Å². The number of aromatic nitrogens is 1. The molecule has 4 unspecified atom stereocenters. The van der Waals surface area contributed by atoms with Gasteiger partial charge in [-0.3, -0.25) is 24.2 Å². The topological polar surface area (TPSA) is 127 Å². The van der Waals surface area contributed by atoms with Gasteiger partial charge in [-0.25, -0.2) is 0 Å². The van der Waals surface area contributed by atoms with Crippen LogP contribution in [0.4, 0.5) is 0 Å². The standard InChI is InChI=1S/C29H36N4O6/c1-5-38-28-20(15-21(34)39-28)31-26(36)23-17-10-11-18(14-17)33(23)27(37)24(29(2,3)4)32-25(35)22-19-9-7-6-8-16(19)12-13-30-22/h6-9,12-13,17-18,20,23-24,28H,5,10-11,14-15H2,1-4H3,(H,31,36)(H,32,35)/t17-,18?,20?,23?,24?,28+/m0/s1. The fraction of sp³-hybridized carbons (Fsp3) is 0.552. The summed E-state index contributed by atoms with van der Waals surface area (Å²) in [5, 5.41) is 7.45. The molecule has 2 aromatic rings. The first-order valence-electron chi connectivity index (χ1n) is 13.7. The molecule has 1 saturated carbocycles. The van der Waals surface area contributed by atoms with Crippen LogP contribution in [0.3, 0.4) is 0 Å². The lowest BCUT2D eigenvalue weighted by Crippen LogP contribution is -2.62. The maximum atomic E-state index is 14.2. The van der Waals surface area contributed by atoms with Crippen LogP contribution in [0.25, 0.3) is 10.8 Å². The number of rotatable bonds is 7. The Morgan fingerprint density at radius 3 is 2.69 bits per heavy atom. The zero-order valence-electron chi connectivity index (χ0n) is 22.8. The number of fused-ring (bicyclic) bond motifs is 3. The molecule has 1 aromatic heterocycles. The Bertz CT molecular complexity index is 1280. The van der Waals surface area contributed by atoms with Crippen molar-refractivity contribution >= 4 is 34.5 Å². The molecule has 5 rings (SSSR count). The lowest BCUT2D eigenvalue weighted by Gasteiger charge is -2.40. The molecule has 1 aromatic carbocycles. The molecule has 3 heterocycles. The first kappa shape index (κ1) is 27.1. The van der Waals surface area contributed by atoms with E-state index in [-0.39, 0.29) is 35.9 Å². The van der Waals surface area contributed by atoms with E-state index in [4.69, 9.17) is 9.47 Å². The molecule has 3 fully saturated rings. The molecule has 0 spiro atoms. The minimum absolute atomic E-state index is 0.0126. The second-order valence-corrected chi connectivity index (χ2v) is 11.7. The Hall–Kier alpha value is -3.53. The fourth-order valence-electron chi connectivity index (χ4n) is 6.18. The maximum Gasteiger partial charge on any atom is 0.310 e. The number of ether oxygens (including phenoxy) is 2. The molecule has 10 heteroatoms. The maximum absolute atomic E-state index is 14.2. The number of carbonyl (C=O) groups excluding carboxylic acids is 4. The van der Waals surface area contributed by atoms with Gasteiger partial charge in [0.2, 0.25) is 18.1 Å². The third-order valence-electron chi connectivity index (χ3n) is 8.01. The van der Waals surface area contributed by atoms with Crippen LogP contribution in [0.2, 0.25) is 0 Å². The van der Waals surface area contributed by atoms with Crippen molar-refractivity contribution in [2.75, 3.05) is 6.61 Å². The highest BCUT2D eigenvalue weighted by Crippen LogP contribution is 2.44. The van der Waals surface area contributed by atoms with Crippen molar-refractivity contribution in [3.8, 4) is 0 Å². The van der Waals surface area contributed by atoms with Crippen molar-refractivity contribution in [2.24, 2.45) is 11.3 Å². The van der Waals surface area contributed by atoms with Crippen LogP contribution in [-0.2, 0) is 23.9 Å². The summed E-state index contributed by atoms with van der Waals surface area (Å²) < 4.78 is 10.7. The number of carbonyl (C=O) groups is 4. The number of likely N-dealkylation sites (tertiary alicyclic amines) is 1. The van der Waals surface area contributed by atoms with E-state index in [1.165, 1.54) is 0 Å². The normalized spacial score (nSPS) is 26.9. The average molecular weight is 537 g/mol. The number of amides is 3. The number of nitrogens with one attached hydrogen (secondary N) is 2. The van der Waals surface area contributed by atoms with Crippen LogP contribution in [0, 0.1) is 11.3 Å². The minimum Gasteiger partial charge on any atom is -0.433 e. The average Bonchev–Trinajstić information content (AvgIpc) is 3.60. The summed E-state index contributed by atoms with van der Waals surface area (Å²) in [5.74, 6) is -1.47. The lowest BCUT2D eigenvalue weighted by atomic mass is 9.84. The summed E-state index contributed by atoms with van der Waals surface area (Å²) in [7, 11) is 0. The van der Waals surface area contributed by atoms with E-state index >= 15 is 0 Å². The predicted octanol–water partition coefficient (Wildman–Crippen LogP) is 2.55. The highest BCUT2D eigenvalue weighted by Gasteiger charge is 2.54. The number of hydrogen-bond donors (Lipinski definition) is 2. The van der Waals surface area contributed by atoms with Crippen molar-refractivity contribution < 1.29 is 28.7 Å². The molecular formula is C29H36N4O6. The van der Waals surface area contributed by atoms with E-state index in [2.05, 4.69) is 15.6 Å². The second kappa shape index (κ2) is 10.6. The van der Waals surface area contributed by atoms with Gasteiger partial charge in [-0.2, -0.15) is 0 Å². The van der Waals surface area contributed by atoms with Gasteiger partial charge in [0.05, 0.1) is 6.42 Å². The highest BCUT2D eigenvalue weighted by atomic mass is 16.7. The predicted molar refractivity (Wildman–Crippen MR) is 142 cm³/mol. The van der Waals surface area contributed by atoms with Crippen LogP contribution in [0.1, 0.15) is 63.9 Å². The first-order valence-corrected chi connectivity index (χ1v) is 13.7. The number of pyridine rings is 1. The Morgan fingerprint density at radius 2 is 1.95 bits per heavy atom. The monoisotopic (exact) mass is 536 g/mol. The van der Waals surface area contributed by atoms with Gasteiger partial charge in [0.25, 0.3) is 5.91 Å². The summed E-state index contributed by atoms with van der Waals surface area (Å²) in [6, 6.07) is 7.04. The van der Waals surface area contributed by atoms with Gasteiger partial charge < -0.3 is 25.0 Å². The van der Waals surface area contributed by atoms with Crippen molar-refractivity contribution in [3.05, 3.63) is 42.2 Å². The number of cyclic esters (lactones) is 1. The van der Waals surface area contributed by atoms with Gasteiger partial charge in [-0.15, -0.1) is 0 Å². The number of nitrogens with zero attached hydrogens (tertiary/aromatic N) is 2. The molecule has 6 atom stereocenters. The van der Waals surface area contributed by atoms with Gasteiger partial charge in [0.15, 0.2) is 0 Å². The molecule has 39 heavy (non-hydrogen) atoms. The summed E-state index contributed by atoms with van der Waals surface area (Å²) >= 11 is 0. The second-order valence-electron chi connectivity index (χ2n) is 11.7. The van der Waals surface area contributed by atoms with E-state index in [1.54, 1.807) is 18.0 Å². The van der Waals surface area contributed by atoms with Crippen molar-refractivity contribution in [1.82, 2.24) is 20.5 Å². The molecule has 2 saturated heterocycles. The Morgan fingerprint density at radius 1 is 1.18 bits per heavy atom. The molecule has 3 aliphatic rings. The van der Waals surface area contributed by atoms with Crippen LogP contribution >= 0.6 is 0 Å². The molecule has 2 aliphatic heterocycles. The highest BCUT2D eigenvalue weighted by molar-refractivity contribution is 6.06. The molecular weight excluding hydrogens is 500 g/mol. The van der Waals surface area contributed by atoms with Crippen LogP contribution in [-0.4, -0.2) is 70.6 Å². The SMILES string of the molecule is CCO[C@@H]1OC(=O)CC1NC(=O)C1[C@H]2CCC(C2)N1C(=O)C(NC(=O)c1nccc2ccccc12)C(C)(C)C. The zero-order valence-corrected chi connectivity index (χ0v) is 22.8. The van der Waals surface area contributed by atoms with Gasteiger partial charge in [0.1, 0.15) is 23.8 Å². The summed E-state index contributed by atoms with van der Waals surface area (Å²) in [4.78, 5) is 59.1. The Kier molecular flexibility index (Phi) is 7.33. The molecule has 0 radical (unpaired) electrons. The lowest BCUT2D eigenvalue weighted by molar-refractivity contribution is -0.165. The van der Waals surface area contributed by atoms with Gasteiger partial charge in [-0.1, -0.05) is 45.0 Å². The molecule has 208 valence electrons. The van der Waals surface area contributed by atoms with Gasteiger partial charge >= 0.3 is 5.97 Å². The van der Waals surface area contributed by atoms with E-state index < -0.39 is 41.7 Å². The Balaban J connectivity index is 1.38. The van der Waals surface area contributed by atoms with Crippen molar-refractivity contribution in [2.45, 2.75) is 83.8 Å². The summed E-state index contributed by atoms with van der Waals surface area (Å²) in [5.41, 5.74) is -0.383. The van der Waals surface area contributed by atoms with Crippen LogP contribution in [0.15, 0.2) is 36.5 Å². The quantitative estimate of drug-likeness (QED) is 0.521. The minimum atomic E-state index is -0.881. The van der Waals surface area contributed by atoms with E-state index in [0.717, 1.165) is 24.6 Å². The van der Waals surface area contributed by atoms with Crippen LogP contribution in [0.5, 0.6) is 0 Å². The van der Waals surface area contributed by atoms with E-state index in [1.807, 2.05) is 51.1 Å². The molecule has 2 bridgehead atoms. The molecule has 10 nitrogen and oxygen atoms in total. The molecule has 1 aliphatic carbocycles. The van der Waals surface area contributed by atoms with Gasteiger partial charge in [0, 0.05) is 24.2 Å². The number of piperidine rings is 1. The third-order valence-corrected chi connectivity index (χ3v) is 8.01. The third kappa shape index (κ3) is 5.22. The largest absolute Gasteiger partial charge is 0.433 e.